The molecule has 0 bridgehead atoms. The van der Waals surface area contributed by atoms with E-state index in [1.54, 1.807) is 11.8 Å². The average molecular weight is 287 g/mol. The van der Waals surface area contributed by atoms with E-state index < -0.39 is 0 Å². The molecule has 1 saturated carbocycles. The number of aromatic nitrogens is 4. The fourth-order valence-electron chi connectivity index (χ4n) is 2.84. The zero-order chi connectivity index (χ0) is 13.5. The molecule has 0 spiro atoms. The summed E-state index contributed by atoms with van der Waals surface area (Å²) in [5.74, 6) is 0. The van der Waals surface area contributed by atoms with Crippen molar-refractivity contribution in [2.45, 2.75) is 48.2 Å². The van der Waals surface area contributed by atoms with Gasteiger partial charge in [0, 0.05) is 11.3 Å². The minimum atomic E-state index is 0.0642. The third-order valence-corrected chi connectivity index (χ3v) is 5.44. The molecule has 1 aromatic carbocycles. The number of nitrogens with zero attached hydrogens (tertiary/aromatic N) is 4. The lowest BCUT2D eigenvalue weighted by Gasteiger charge is -2.30. The second-order valence-corrected chi connectivity index (χ2v) is 6.76. The molecule has 0 saturated heterocycles. The van der Waals surface area contributed by atoms with Crippen LogP contribution in [0.25, 0.3) is 0 Å². The van der Waals surface area contributed by atoms with Gasteiger partial charge in [-0.15, -0.1) is 5.10 Å². The first kappa shape index (κ1) is 12.3. The minimum absolute atomic E-state index is 0.0642. The van der Waals surface area contributed by atoms with Crippen molar-refractivity contribution in [3.8, 4) is 0 Å². The van der Waals surface area contributed by atoms with Crippen LogP contribution >= 0.6 is 11.8 Å². The Morgan fingerprint density at radius 3 is 2.90 bits per heavy atom. The van der Waals surface area contributed by atoms with Gasteiger partial charge in [0.05, 0.1) is 6.04 Å². The van der Waals surface area contributed by atoms with Gasteiger partial charge in [-0.05, 0) is 47.2 Å². The van der Waals surface area contributed by atoms with Gasteiger partial charge in [0.1, 0.15) is 0 Å². The van der Waals surface area contributed by atoms with Gasteiger partial charge in [-0.1, -0.05) is 36.0 Å². The second kappa shape index (κ2) is 4.86. The number of benzene rings is 1. The van der Waals surface area contributed by atoms with E-state index in [0.29, 0.717) is 11.3 Å². The van der Waals surface area contributed by atoms with Crippen LogP contribution in [-0.2, 0) is 6.42 Å². The summed E-state index contributed by atoms with van der Waals surface area (Å²) in [5, 5.41) is 13.4. The zero-order valence-electron chi connectivity index (χ0n) is 11.1. The minimum Gasteiger partial charge on any atom is -0.323 e. The first-order chi connectivity index (χ1) is 9.83. The molecule has 104 valence electrons. The summed E-state index contributed by atoms with van der Waals surface area (Å²) in [4.78, 5) is 0. The van der Waals surface area contributed by atoms with Crippen molar-refractivity contribution in [2.24, 2.45) is 5.73 Å². The quantitative estimate of drug-likeness (QED) is 0.936. The highest BCUT2D eigenvalue weighted by molar-refractivity contribution is 7.99. The summed E-state index contributed by atoms with van der Waals surface area (Å²) in [6.07, 6.45) is 4.56. The first-order valence-corrected chi connectivity index (χ1v) is 7.99. The van der Waals surface area contributed by atoms with Gasteiger partial charge in [0.15, 0.2) is 0 Å². The molecule has 1 aromatic heterocycles. The molecule has 2 aromatic rings. The summed E-state index contributed by atoms with van der Waals surface area (Å²) < 4.78 is 1.97. The van der Waals surface area contributed by atoms with Crippen molar-refractivity contribution in [1.29, 1.82) is 0 Å². The highest BCUT2D eigenvalue weighted by Crippen LogP contribution is 2.41. The SMILES string of the molecule is NC1c2ccccc2CCC1Sc1nnnn1C1CC1. The number of fused-ring (bicyclic) bond motifs is 1. The van der Waals surface area contributed by atoms with Crippen molar-refractivity contribution in [3.05, 3.63) is 35.4 Å². The number of hydrogen-bond acceptors (Lipinski definition) is 5. The van der Waals surface area contributed by atoms with E-state index in [4.69, 9.17) is 5.73 Å². The van der Waals surface area contributed by atoms with E-state index in [-0.39, 0.29) is 6.04 Å². The fraction of sp³-hybridized carbons (Fsp3) is 0.500. The van der Waals surface area contributed by atoms with Gasteiger partial charge in [-0.25, -0.2) is 4.68 Å². The normalized spacial score (nSPS) is 25.4. The molecule has 5 nitrogen and oxygen atoms in total. The number of rotatable bonds is 3. The summed E-state index contributed by atoms with van der Waals surface area (Å²) in [5.41, 5.74) is 9.12. The Labute approximate surface area is 121 Å². The van der Waals surface area contributed by atoms with Crippen molar-refractivity contribution >= 4 is 11.8 Å². The van der Waals surface area contributed by atoms with Crippen LogP contribution in [0.1, 0.15) is 42.5 Å². The van der Waals surface area contributed by atoms with Crippen molar-refractivity contribution in [1.82, 2.24) is 20.2 Å². The molecule has 4 rings (SSSR count). The molecular weight excluding hydrogens is 270 g/mol. The Morgan fingerprint density at radius 1 is 1.20 bits per heavy atom. The lowest BCUT2D eigenvalue weighted by atomic mass is 9.88. The first-order valence-electron chi connectivity index (χ1n) is 7.11. The summed E-state index contributed by atoms with van der Waals surface area (Å²) in [6.45, 7) is 0. The Morgan fingerprint density at radius 2 is 2.05 bits per heavy atom. The highest BCUT2D eigenvalue weighted by Gasteiger charge is 2.32. The van der Waals surface area contributed by atoms with E-state index in [9.17, 15) is 0 Å². The molecule has 6 heteroatoms. The van der Waals surface area contributed by atoms with Crippen LogP contribution in [0.15, 0.2) is 29.4 Å². The van der Waals surface area contributed by atoms with Gasteiger partial charge in [-0.2, -0.15) is 0 Å². The van der Waals surface area contributed by atoms with Crippen LogP contribution in [0.4, 0.5) is 0 Å². The molecule has 1 heterocycles. The third-order valence-electron chi connectivity index (χ3n) is 4.13. The van der Waals surface area contributed by atoms with E-state index in [1.165, 1.54) is 24.0 Å². The highest BCUT2D eigenvalue weighted by atomic mass is 32.2. The Hall–Kier alpha value is -1.40. The van der Waals surface area contributed by atoms with Gasteiger partial charge in [-0.3, -0.25) is 0 Å². The van der Waals surface area contributed by atoms with E-state index in [0.717, 1.165) is 18.0 Å². The number of tetrazole rings is 1. The molecule has 0 radical (unpaired) electrons. The van der Waals surface area contributed by atoms with Gasteiger partial charge < -0.3 is 5.73 Å². The lowest BCUT2D eigenvalue weighted by Crippen LogP contribution is -2.29. The van der Waals surface area contributed by atoms with Gasteiger partial charge in [0.2, 0.25) is 5.16 Å². The molecule has 2 N–H and O–H groups in total. The molecule has 2 atom stereocenters. The Kier molecular flexibility index (Phi) is 3.00. The van der Waals surface area contributed by atoms with Crippen molar-refractivity contribution < 1.29 is 0 Å². The molecule has 1 fully saturated rings. The molecular formula is C14H17N5S. The topological polar surface area (TPSA) is 69.6 Å². The van der Waals surface area contributed by atoms with Crippen LogP contribution in [0.3, 0.4) is 0 Å². The maximum atomic E-state index is 6.45. The largest absolute Gasteiger partial charge is 0.323 e. The number of nitrogens with two attached hydrogens (primary N) is 1. The van der Waals surface area contributed by atoms with Crippen molar-refractivity contribution in [3.63, 3.8) is 0 Å². The Balaban J connectivity index is 1.56. The molecule has 2 aliphatic carbocycles. The van der Waals surface area contributed by atoms with Crippen LogP contribution < -0.4 is 5.73 Å². The standard InChI is InChI=1S/C14H17N5S/c15-13-11-4-2-1-3-9(11)5-8-12(13)20-14-16-17-18-19(14)10-6-7-10/h1-4,10,12-13H,5-8,15H2. The summed E-state index contributed by atoms with van der Waals surface area (Å²) in [7, 11) is 0. The van der Waals surface area contributed by atoms with Crippen LogP contribution in [0.5, 0.6) is 0 Å². The van der Waals surface area contributed by atoms with Gasteiger partial charge in [0.25, 0.3) is 0 Å². The van der Waals surface area contributed by atoms with Crippen LogP contribution in [0, 0.1) is 0 Å². The number of thioether (sulfide) groups is 1. The van der Waals surface area contributed by atoms with Crippen LogP contribution in [0.2, 0.25) is 0 Å². The second-order valence-electron chi connectivity index (χ2n) is 5.56. The van der Waals surface area contributed by atoms with Crippen LogP contribution in [-0.4, -0.2) is 25.5 Å². The fourth-order valence-corrected chi connectivity index (χ4v) is 4.02. The molecule has 2 unspecified atom stereocenters. The maximum Gasteiger partial charge on any atom is 0.209 e. The number of aryl methyl sites for hydroxylation is 1. The average Bonchev–Trinajstić information content (AvgIpc) is 3.22. The monoisotopic (exact) mass is 287 g/mol. The Bertz CT molecular complexity index is 622. The molecule has 2 aliphatic rings. The molecule has 0 amide bonds. The third kappa shape index (κ3) is 2.13. The molecule has 20 heavy (non-hydrogen) atoms. The smallest absolute Gasteiger partial charge is 0.209 e. The summed E-state index contributed by atoms with van der Waals surface area (Å²) >= 11 is 1.74. The number of hydrogen-bond donors (Lipinski definition) is 1. The van der Waals surface area contributed by atoms with Gasteiger partial charge >= 0.3 is 0 Å². The van der Waals surface area contributed by atoms with E-state index in [2.05, 4.69) is 39.8 Å². The van der Waals surface area contributed by atoms with E-state index >= 15 is 0 Å². The maximum absolute atomic E-state index is 6.45. The summed E-state index contributed by atoms with van der Waals surface area (Å²) in [6, 6.07) is 9.07. The zero-order valence-corrected chi connectivity index (χ0v) is 12.0. The molecule has 0 aliphatic heterocycles. The lowest BCUT2D eigenvalue weighted by molar-refractivity contribution is 0.554. The van der Waals surface area contributed by atoms with E-state index in [1.807, 2.05) is 4.68 Å². The van der Waals surface area contributed by atoms with Crippen molar-refractivity contribution in [2.75, 3.05) is 0 Å². The predicted molar refractivity (Wildman–Crippen MR) is 77.4 cm³/mol. The predicted octanol–water partition coefficient (Wildman–Crippen LogP) is 2.11.